The van der Waals surface area contributed by atoms with Gasteiger partial charge in [0.25, 0.3) is 0 Å². The normalized spacial score (nSPS) is 41.9. The van der Waals surface area contributed by atoms with Gasteiger partial charge in [-0.25, -0.2) is 0 Å². The third kappa shape index (κ3) is 9.71. The summed E-state index contributed by atoms with van der Waals surface area (Å²) in [6.45, 7) is 6.30. The first-order valence-electron chi connectivity index (χ1n) is 30.6. The van der Waals surface area contributed by atoms with Gasteiger partial charge in [-0.2, -0.15) is 0 Å². The number of esters is 1. The highest BCUT2D eigenvalue weighted by molar-refractivity contribution is 7.04. The monoisotopic (exact) mass is 1180 g/mol. The van der Waals surface area contributed by atoms with Gasteiger partial charge < -0.3 is 59.2 Å². The van der Waals surface area contributed by atoms with Crippen molar-refractivity contribution in [2.75, 3.05) is 6.61 Å². The van der Waals surface area contributed by atoms with E-state index in [2.05, 4.69) is 6.92 Å². The Bertz CT molecular complexity index is 2010. The molecule has 75 heavy (non-hydrogen) atoms. The van der Waals surface area contributed by atoms with Crippen molar-refractivity contribution in [3.8, 4) is 5.75 Å². The summed E-state index contributed by atoms with van der Waals surface area (Å²) in [5.74, 6) is 0.128. The van der Waals surface area contributed by atoms with Crippen molar-refractivity contribution in [3.05, 3.63) is 29.8 Å². The maximum atomic E-state index is 14.4. The molecular weight excluding hydrogens is 1090 g/mol. The van der Waals surface area contributed by atoms with Crippen molar-refractivity contribution < 1.29 is 64.0 Å². The van der Waals surface area contributed by atoms with Crippen molar-refractivity contribution in [1.82, 2.24) is 0 Å². The van der Waals surface area contributed by atoms with Crippen LogP contribution in [0.1, 0.15) is 231 Å². The molecule has 1 N–H and O–H groups in total. The fourth-order valence-corrected chi connectivity index (χ4v) is 72.5. The van der Waals surface area contributed by atoms with E-state index in [1.54, 1.807) is 12.1 Å². The van der Waals surface area contributed by atoms with Crippen molar-refractivity contribution in [1.29, 1.82) is 0 Å². The quantitative estimate of drug-likeness (QED) is 0.0946. The van der Waals surface area contributed by atoms with E-state index in [4.69, 9.17) is 54.1 Å². The van der Waals surface area contributed by atoms with Gasteiger partial charge in [-0.15, -0.1) is 0 Å². The summed E-state index contributed by atoms with van der Waals surface area (Å²) < 4.78 is 108. The molecule has 6 aliphatic heterocycles. The zero-order valence-electron chi connectivity index (χ0n) is 45.4. The summed E-state index contributed by atoms with van der Waals surface area (Å²) >= 11 is 0. The van der Waals surface area contributed by atoms with Gasteiger partial charge in [-0.1, -0.05) is 109 Å². The van der Waals surface area contributed by atoms with E-state index in [0.29, 0.717) is 18.9 Å². The SMILES string of the molecule is CCC(CC(C)(C)C(=O)OCCC[Si]12O[Si]3(C4CCCC4)O[Si]4(C5CCCC5)O[Si](C5CCCC5)(O1)O[Si]1(C5CCCC5)O[Si](C5CCCC5)(O2)O[Si](C2CCCC2)(O3)O[Si](C2CCCC2)(O4)O1)c1ccc(O)cc1. The van der Waals surface area contributed by atoms with Crippen molar-refractivity contribution in [2.24, 2.45) is 5.41 Å². The molecule has 6 heterocycles. The fourth-order valence-electron chi connectivity index (χ4n) is 16.4. The highest BCUT2D eigenvalue weighted by Gasteiger charge is 2.88. The number of phenols is 1. The Balaban J connectivity index is 0.976. The van der Waals surface area contributed by atoms with Gasteiger partial charge in [-0.05, 0) is 147 Å². The highest BCUT2D eigenvalue weighted by atomic mass is 28.6. The van der Waals surface area contributed by atoms with E-state index < -0.39 is 75.9 Å². The van der Waals surface area contributed by atoms with E-state index in [1.165, 1.54) is 0 Å². The minimum absolute atomic E-state index is 0.000834. The molecule has 7 saturated carbocycles. The maximum absolute atomic E-state index is 14.4. The average Bonchev–Trinajstić information content (AvgIpc) is 4.27. The number of carbonyl (C=O) groups excluding carboxylic acids is 1. The Morgan fingerprint density at radius 3 is 1.01 bits per heavy atom. The van der Waals surface area contributed by atoms with Gasteiger partial charge in [0.1, 0.15) is 5.75 Å². The van der Waals surface area contributed by atoms with Crippen molar-refractivity contribution in [2.45, 2.75) is 271 Å². The maximum Gasteiger partial charge on any atom is 0.482 e. The first-order chi connectivity index (χ1) is 36.3. The molecule has 0 aromatic heterocycles. The van der Waals surface area contributed by atoms with Crippen LogP contribution in [0.4, 0.5) is 0 Å². The number of hydrogen-bond acceptors (Lipinski definition) is 15. The average molecular weight is 1180 g/mol. The molecule has 13 fully saturated rings. The summed E-state index contributed by atoms with van der Waals surface area (Å²) in [4.78, 5) is 14.4. The van der Waals surface area contributed by atoms with Gasteiger partial charge in [0.15, 0.2) is 0 Å². The summed E-state index contributed by atoms with van der Waals surface area (Å²) in [6, 6.07) is 7.73. The predicted octanol–water partition coefficient (Wildman–Crippen LogP) is 13.6. The second-order valence-electron chi connectivity index (χ2n) is 26.0. The first-order valence-corrected chi connectivity index (χ1v) is 45.2. The van der Waals surface area contributed by atoms with E-state index in [9.17, 15) is 9.90 Å². The molecule has 418 valence electrons. The molecule has 0 amide bonds. The lowest BCUT2D eigenvalue weighted by atomic mass is 9.79. The second-order valence-corrected chi connectivity index (χ2v) is 51.9. The Kier molecular flexibility index (Phi) is 15.0. The minimum Gasteiger partial charge on any atom is -0.508 e. The third-order valence-electron chi connectivity index (χ3n) is 20.5. The Labute approximate surface area is 456 Å². The van der Waals surface area contributed by atoms with Crippen LogP contribution in [0, 0.1) is 5.41 Å². The minimum atomic E-state index is -4.20. The Morgan fingerprint density at radius 1 is 0.480 bits per heavy atom. The molecule has 7 aliphatic carbocycles. The smallest absolute Gasteiger partial charge is 0.482 e. The molecule has 0 radical (unpaired) electrons. The molecule has 6 saturated heterocycles. The van der Waals surface area contributed by atoms with E-state index >= 15 is 0 Å². The van der Waals surface area contributed by atoms with Crippen LogP contribution >= 0.6 is 0 Å². The van der Waals surface area contributed by atoms with Gasteiger partial charge in [0, 0.05) is 44.8 Å². The number of hydrogen-bond donors (Lipinski definition) is 1. The molecule has 1 aromatic carbocycles. The molecule has 14 rings (SSSR count). The Hall–Kier alpha value is -0.255. The number of phenolic OH excluding ortho intramolecular Hbond substituents is 1. The summed E-state index contributed by atoms with van der Waals surface area (Å²) in [5.41, 5.74) is 0.233. The molecule has 1 unspecified atom stereocenters. The lowest BCUT2D eigenvalue weighted by Gasteiger charge is -2.66. The van der Waals surface area contributed by atoms with Crippen LogP contribution in [0.5, 0.6) is 5.75 Å². The van der Waals surface area contributed by atoms with Crippen LogP contribution in [-0.2, 0) is 58.9 Å². The summed E-state index contributed by atoms with van der Waals surface area (Å²) in [6.07, 6.45) is 29.7. The van der Waals surface area contributed by atoms with Gasteiger partial charge in [0.05, 0.1) is 12.0 Å². The van der Waals surface area contributed by atoms with Crippen LogP contribution in [-0.4, -0.2) is 88.1 Å². The van der Waals surface area contributed by atoms with Crippen LogP contribution in [0.3, 0.4) is 0 Å². The fraction of sp³-hybridized carbons (Fsp3) is 0.865. The summed E-state index contributed by atoms with van der Waals surface area (Å²) in [7, 11) is -32.5. The van der Waals surface area contributed by atoms with Gasteiger partial charge >= 0.3 is 76.4 Å². The highest BCUT2D eigenvalue weighted by Crippen LogP contribution is 2.66. The molecule has 1 atom stereocenters. The van der Waals surface area contributed by atoms with Crippen LogP contribution in [0.15, 0.2) is 24.3 Å². The predicted molar refractivity (Wildman–Crippen MR) is 294 cm³/mol. The molecule has 13 aliphatic rings. The largest absolute Gasteiger partial charge is 0.508 e. The number of aromatic hydroxyl groups is 1. The number of carbonyl (C=O) groups is 1. The van der Waals surface area contributed by atoms with Crippen molar-refractivity contribution >= 4 is 76.4 Å². The van der Waals surface area contributed by atoms with E-state index in [-0.39, 0.29) is 63.0 Å². The molecule has 1 aromatic rings. The number of benzene rings is 1. The zero-order chi connectivity index (χ0) is 51.2. The Morgan fingerprint density at radius 2 is 0.747 bits per heavy atom. The molecule has 8 bridgehead atoms. The van der Waals surface area contributed by atoms with Crippen LogP contribution < -0.4 is 0 Å². The standard InChI is InChI=1S/C52H88O15Si8/c1-4-41(42-34-36-43(53)37-35-42)40-52(2,3)51(54)55-38-19-39-68-56-69(44-20-5-6-21-44)59-72(47-26-11-12-27-47)61-70(57-68,45-22-7-8-23-45)63-74(49-30-15-16-31-49)64-71(58-68,46-24-9-10-25-46)62-73(60-69,48-28-13-14-29-48)66-75(65-72,67-74)50-32-17-18-33-50/h34-37,41,44-50,53H,4-33,38-40H2,1-3H3. The topological polar surface area (TPSA) is 157 Å². The van der Waals surface area contributed by atoms with E-state index in [0.717, 1.165) is 192 Å². The molecule has 0 spiro atoms. The van der Waals surface area contributed by atoms with Gasteiger partial charge in [-0.3, -0.25) is 4.79 Å². The first kappa shape index (κ1) is 54.0. The lowest BCUT2D eigenvalue weighted by molar-refractivity contribution is -0.154. The van der Waals surface area contributed by atoms with Crippen molar-refractivity contribution in [3.63, 3.8) is 0 Å². The van der Waals surface area contributed by atoms with Gasteiger partial charge in [0.2, 0.25) is 0 Å². The second kappa shape index (κ2) is 20.9. The lowest BCUT2D eigenvalue weighted by Crippen LogP contribution is -2.90. The zero-order valence-corrected chi connectivity index (χ0v) is 53.4. The van der Waals surface area contributed by atoms with E-state index in [1.807, 2.05) is 26.0 Å². The molecular formula is C52H88O15Si8. The molecule has 15 nitrogen and oxygen atoms in total. The van der Waals surface area contributed by atoms with Crippen LogP contribution in [0.25, 0.3) is 0 Å². The summed E-state index contributed by atoms with van der Waals surface area (Å²) in [5, 5.41) is 10.0. The third-order valence-corrected chi connectivity index (χ3v) is 60.1. The van der Waals surface area contributed by atoms with Crippen LogP contribution in [0.2, 0.25) is 44.8 Å². The number of rotatable bonds is 16. The number of ether oxygens (including phenoxy) is 1. The molecule has 23 heteroatoms.